The maximum absolute atomic E-state index is 13.8. The molecule has 0 bridgehead atoms. The molecular formula is C37H30O5P2-2. The van der Waals surface area contributed by atoms with Crippen LogP contribution < -0.4 is 42.0 Å². The van der Waals surface area contributed by atoms with Crippen LogP contribution in [0.4, 0.5) is 4.79 Å². The van der Waals surface area contributed by atoms with Crippen LogP contribution >= 0.6 is 14.3 Å². The molecule has 0 spiro atoms. The molecule has 0 aliphatic rings. The summed E-state index contributed by atoms with van der Waals surface area (Å²) in [6.07, 6.45) is -2.33. The molecule has 6 aromatic carbocycles. The van der Waals surface area contributed by atoms with Gasteiger partial charge in [-0.1, -0.05) is 182 Å². The molecule has 0 N–H and O–H groups in total. The molecular weight excluding hydrogens is 586 g/mol. The van der Waals surface area contributed by atoms with Crippen LogP contribution in [0.1, 0.15) is 0 Å². The molecule has 220 valence electrons. The Bertz CT molecular complexity index is 1470. The molecule has 0 saturated heterocycles. The highest BCUT2D eigenvalue weighted by Gasteiger charge is 2.30. The van der Waals surface area contributed by atoms with Crippen LogP contribution in [0.25, 0.3) is 0 Å². The van der Waals surface area contributed by atoms with E-state index in [1.807, 2.05) is 182 Å². The van der Waals surface area contributed by atoms with Crippen LogP contribution in [0.3, 0.4) is 0 Å². The van der Waals surface area contributed by atoms with Gasteiger partial charge in [-0.15, -0.1) is 0 Å². The number of carboxylic acid groups (broad SMARTS) is 2. The second-order valence-corrected chi connectivity index (χ2v) is 15.0. The molecule has 0 heterocycles. The molecule has 6 rings (SSSR count). The van der Waals surface area contributed by atoms with Gasteiger partial charge in [-0.25, -0.2) is 0 Å². The Balaban J connectivity index is 0.000000179. The van der Waals surface area contributed by atoms with Crippen LogP contribution in [-0.4, -0.2) is 6.16 Å². The van der Waals surface area contributed by atoms with Crippen LogP contribution in [0.15, 0.2) is 182 Å². The molecule has 0 atom stereocenters. The molecule has 0 aliphatic heterocycles. The van der Waals surface area contributed by atoms with E-state index in [1.165, 1.54) is 0 Å². The predicted octanol–water partition coefficient (Wildman–Crippen LogP) is 4.21. The van der Waals surface area contributed by atoms with E-state index in [0.717, 1.165) is 31.8 Å². The van der Waals surface area contributed by atoms with Gasteiger partial charge in [-0.2, -0.15) is 0 Å². The first-order valence-corrected chi connectivity index (χ1v) is 17.2. The monoisotopic (exact) mass is 616 g/mol. The van der Waals surface area contributed by atoms with Gasteiger partial charge in [0.25, 0.3) is 0 Å². The van der Waals surface area contributed by atoms with Crippen LogP contribution in [0.2, 0.25) is 0 Å². The Kier molecular flexibility index (Phi) is 11.3. The Hall–Kier alpha value is -4.95. The second kappa shape index (κ2) is 15.5. The maximum Gasteiger partial charge on any atom is 0.171 e. The summed E-state index contributed by atoms with van der Waals surface area (Å²) in [5.74, 6) is 0. The minimum atomic E-state index is -2.78. The lowest BCUT2D eigenvalue weighted by atomic mass is 10.4. The summed E-state index contributed by atoms with van der Waals surface area (Å²) in [5.41, 5.74) is 0. The highest BCUT2D eigenvalue weighted by atomic mass is 31.2. The van der Waals surface area contributed by atoms with Crippen molar-refractivity contribution in [2.75, 3.05) is 0 Å². The van der Waals surface area contributed by atoms with Gasteiger partial charge in [0.1, 0.15) is 0 Å². The van der Waals surface area contributed by atoms with Crippen molar-refractivity contribution in [2.45, 2.75) is 0 Å². The summed E-state index contributed by atoms with van der Waals surface area (Å²) in [7, 11) is -5.55. The fraction of sp³-hybridized carbons (Fsp3) is 0. The van der Waals surface area contributed by atoms with E-state index in [2.05, 4.69) is 0 Å². The average molecular weight is 617 g/mol. The quantitative estimate of drug-likeness (QED) is 0.262. The zero-order chi connectivity index (χ0) is 31.3. The van der Waals surface area contributed by atoms with Crippen molar-refractivity contribution in [1.29, 1.82) is 0 Å². The number of hydrogen-bond acceptors (Lipinski definition) is 5. The molecule has 0 saturated carbocycles. The molecule has 6 aromatic rings. The minimum Gasteiger partial charge on any atom is -0.652 e. The first kappa shape index (κ1) is 32.0. The van der Waals surface area contributed by atoms with E-state index in [-0.39, 0.29) is 0 Å². The SMILES string of the molecule is O=C([O-])[O-].O=P(c1ccccc1)(c1ccccc1)c1ccccc1.O=P(c1ccccc1)(c1ccccc1)c1ccccc1. The van der Waals surface area contributed by atoms with Gasteiger partial charge < -0.3 is 24.1 Å². The lowest BCUT2D eigenvalue weighted by Gasteiger charge is -2.19. The van der Waals surface area contributed by atoms with Crippen molar-refractivity contribution in [1.82, 2.24) is 0 Å². The first-order chi connectivity index (χ1) is 21.4. The summed E-state index contributed by atoms with van der Waals surface area (Å²) >= 11 is 0. The summed E-state index contributed by atoms with van der Waals surface area (Å²) in [5, 5.41) is 21.9. The van der Waals surface area contributed by atoms with E-state index >= 15 is 0 Å². The van der Waals surface area contributed by atoms with Crippen molar-refractivity contribution in [3.8, 4) is 0 Å². The first-order valence-electron chi connectivity index (χ1n) is 13.8. The number of carbonyl (C=O) groups excluding carboxylic acids is 1. The topological polar surface area (TPSA) is 97.3 Å². The molecule has 0 fully saturated rings. The summed E-state index contributed by atoms with van der Waals surface area (Å²) < 4.78 is 27.6. The Morgan fingerprint density at radius 3 is 0.545 bits per heavy atom. The van der Waals surface area contributed by atoms with Gasteiger partial charge in [0.15, 0.2) is 14.3 Å². The van der Waals surface area contributed by atoms with Crippen molar-refractivity contribution in [3.05, 3.63) is 182 Å². The minimum absolute atomic E-state index is 0.873. The molecule has 0 unspecified atom stereocenters. The Labute approximate surface area is 257 Å². The highest BCUT2D eigenvalue weighted by molar-refractivity contribution is 7.85. The molecule has 0 amide bonds. The Morgan fingerprint density at radius 2 is 0.432 bits per heavy atom. The number of hydrogen-bond donors (Lipinski definition) is 0. The number of rotatable bonds is 6. The van der Waals surface area contributed by atoms with E-state index in [9.17, 15) is 9.13 Å². The molecule has 5 nitrogen and oxygen atoms in total. The largest absolute Gasteiger partial charge is 0.652 e. The van der Waals surface area contributed by atoms with Crippen LogP contribution in [0, 0.1) is 0 Å². The summed E-state index contributed by atoms with van der Waals surface area (Å²) in [6, 6.07) is 58.3. The van der Waals surface area contributed by atoms with Crippen LogP contribution in [-0.2, 0) is 9.13 Å². The third-order valence-corrected chi connectivity index (χ3v) is 12.9. The lowest BCUT2D eigenvalue weighted by molar-refractivity contribution is -0.415. The van der Waals surface area contributed by atoms with E-state index in [0.29, 0.717) is 0 Å². The van der Waals surface area contributed by atoms with Gasteiger partial charge in [-0.05, 0) is 6.16 Å². The van der Waals surface area contributed by atoms with Gasteiger partial charge in [-0.3, -0.25) is 0 Å². The Morgan fingerprint density at radius 1 is 0.318 bits per heavy atom. The maximum atomic E-state index is 13.8. The van der Waals surface area contributed by atoms with Gasteiger partial charge in [0.05, 0.1) is 0 Å². The molecule has 0 aliphatic carbocycles. The fourth-order valence-corrected chi connectivity index (χ4v) is 10.1. The van der Waals surface area contributed by atoms with Crippen LogP contribution in [0.5, 0.6) is 0 Å². The molecule has 7 heteroatoms. The normalized spacial score (nSPS) is 10.7. The van der Waals surface area contributed by atoms with Gasteiger partial charge >= 0.3 is 0 Å². The third kappa shape index (κ3) is 7.71. The van der Waals surface area contributed by atoms with E-state index in [4.69, 9.17) is 15.0 Å². The average Bonchev–Trinajstić information content (AvgIpc) is 3.10. The second-order valence-electron chi connectivity index (χ2n) is 9.48. The molecule has 44 heavy (non-hydrogen) atoms. The predicted molar refractivity (Wildman–Crippen MR) is 177 cm³/mol. The highest BCUT2D eigenvalue weighted by Crippen LogP contribution is 2.42. The number of carbonyl (C=O) groups is 1. The van der Waals surface area contributed by atoms with E-state index < -0.39 is 20.4 Å². The van der Waals surface area contributed by atoms with Crippen molar-refractivity contribution in [3.63, 3.8) is 0 Å². The molecule has 0 radical (unpaired) electrons. The lowest BCUT2D eigenvalue weighted by Crippen LogP contribution is -2.37. The standard InChI is InChI=1S/2C18H15OP.CH2O3/c2*19-20(16-10-4-1-5-11-16,17-12-6-2-7-13-17)18-14-8-3-9-15-18;2-1(3)4/h2*1-15H;(H2,2,3,4)/p-2. The summed E-state index contributed by atoms with van der Waals surface area (Å²) in [6.45, 7) is 0. The molecule has 0 aromatic heterocycles. The van der Waals surface area contributed by atoms with Gasteiger partial charge in [0.2, 0.25) is 0 Å². The third-order valence-electron chi connectivity index (χ3n) is 6.72. The van der Waals surface area contributed by atoms with Gasteiger partial charge in [0, 0.05) is 31.8 Å². The van der Waals surface area contributed by atoms with E-state index in [1.54, 1.807) is 0 Å². The van der Waals surface area contributed by atoms with Crippen molar-refractivity contribution in [2.24, 2.45) is 0 Å². The fourth-order valence-electron chi connectivity index (χ4n) is 4.72. The number of benzene rings is 6. The zero-order valence-electron chi connectivity index (χ0n) is 23.8. The smallest absolute Gasteiger partial charge is 0.171 e. The zero-order valence-corrected chi connectivity index (χ0v) is 25.5. The summed E-state index contributed by atoms with van der Waals surface area (Å²) in [4.78, 5) is 8.33. The van der Waals surface area contributed by atoms with Crippen molar-refractivity contribution >= 4 is 52.3 Å². The van der Waals surface area contributed by atoms with Crippen molar-refractivity contribution < 1.29 is 24.1 Å².